The van der Waals surface area contributed by atoms with Crippen molar-refractivity contribution in [2.75, 3.05) is 37.5 Å². The van der Waals surface area contributed by atoms with E-state index in [1.807, 2.05) is 24.3 Å². The Labute approximate surface area is 203 Å². The molecule has 1 amide bonds. The summed E-state index contributed by atoms with van der Waals surface area (Å²) >= 11 is 1.47. The van der Waals surface area contributed by atoms with Gasteiger partial charge in [-0.1, -0.05) is 6.07 Å². The monoisotopic (exact) mass is 480 g/mol. The van der Waals surface area contributed by atoms with Crippen LogP contribution in [0.4, 0.5) is 11.5 Å². The van der Waals surface area contributed by atoms with Gasteiger partial charge in [0, 0.05) is 54.6 Å². The third-order valence-corrected chi connectivity index (χ3v) is 6.72. The molecule has 0 aliphatic carbocycles. The third kappa shape index (κ3) is 5.78. The molecule has 34 heavy (non-hydrogen) atoms. The van der Waals surface area contributed by atoms with Crippen LogP contribution in [0.2, 0.25) is 0 Å². The minimum atomic E-state index is -0.251. The quantitative estimate of drug-likeness (QED) is 0.467. The van der Waals surface area contributed by atoms with E-state index in [4.69, 9.17) is 9.47 Å². The zero-order valence-corrected chi connectivity index (χ0v) is 20.0. The van der Waals surface area contributed by atoms with Gasteiger partial charge in [0.15, 0.2) is 0 Å². The molecule has 2 N–H and O–H groups in total. The first kappa shape index (κ1) is 23.8. The van der Waals surface area contributed by atoms with E-state index in [2.05, 4.69) is 20.2 Å². The molecule has 1 aliphatic heterocycles. The van der Waals surface area contributed by atoms with Gasteiger partial charge in [-0.05, 0) is 37.1 Å². The lowest BCUT2D eigenvalue weighted by atomic mass is 10.1. The Morgan fingerprint density at radius 2 is 1.94 bits per heavy atom. The number of carbonyl (C=O) groups is 1. The molecule has 4 rings (SSSR count). The number of piperidine rings is 1. The molecule has 0 unspecified atom stereocenters. The molecule has 1 fully saturated rings. The number of pyridine rings is 2. The van der Waals surface area contributed by atoms with Gasteiger partial charge in [-0.15, -0.1) is 11.8 Å². The smallest absolute Gasteiger partial charge is 0.258 e. The van der Waals surface area contributed by atoms with Gasteiger partial charge < -0.3 is 24.8 Å². The van der Waals surface area contributed by atoms with E-state index in [-0.39, 0.29) is 12.0 Å². The molecular weight excluding hydrogens is 452 g/mol. The SMILES string of the molecule is COc1ccc(CSc2ncccc2C(=O)Nc2ccnc(N3CCC(O)CC3)c2)c(OC)c1. The van der Waals surface area contributed by atoms with Crippen LogP contribution in [0.15, 0.2) is 59.9 Å². The lowest BCUT2D eigenvalue weighted by Gasteiger charge is -2.30. The Kier molecular flexibility index (Phi) is 7.87. The second kappa shape index (κ2) is 11.2. The summed E-state index contributed by atoms with van der Waals surface area (Å²) in [6.07, 6.45) is 4.55. The molecule has 3 aromatic rings. The number of hydrogen-bond acceptors (Lipinski definition) is 8. The van der Waals surface area contributed by atoms with Crippen molar-refractivity contribution in [3.8, 4) is 11.5 Å². The van der Waals surface area contributed by atoms with E-state index in [1.165, 1.54) is 11.8 Å². The number of nitrogens with one attached hydrogen (secondary N) is 1. The lowest BCUT2D eigenvalue weighted by Crippen LogP contribution is -2.36. The fourth-order valence-electron chi connectivity index (χ4n) is 3.76. The number of nitrogens with zero attached hydrogens (tertiary/aromatic N) is 3. The van der Waals surface area contributed by atoms with Crippen molar-refractivity contribution in [2.45, 2.75) is 29.7 Å². The number of aromatic nitrogens is 2. The number of amides is 1. The Balaban J connectivity index is 1.46. The summed E-state index contributed by atoms with van der Waals surface area (Å²) in [6.45, 7) is 1.48. The Bertz CT molecular complexity index is 1140. The molecule has 9 heteroatoms. The maximum atomic E-state index is 13.1. The summed E-state index contributed by atoms with van der Waals surface area (Å²) in [5.74, 6) is 2.59. The van der Waals surface area contributed by atoms with Gasteiger partial charge in [0.25, 0.3) is 5.91 Å². The van der Waals surface area contributed by atoms with Gasteiger partial charge in [0.1, 0.15) is 22.3 Å². The summed E-state index contributed by atoms with van der Waals surface area (Å²) in [5, 5.41) is 13.4. The molecule has 1 aromatic carbocycles. The zero-order valence-electron chi connectivity index (χ0n) is 19.2. The number of aliphatic hydroxyl groups is 1. The first-order valence-electron chi connectivity index (χ1n) is 11.1. The Morgan fingerprint density at radius 3 is 2.71 bits per heavy atom. The number of anilines is 2. The van der Waals surface area contributed by atoms with E-state index in [0.29, 0.717) is 34.9 Å². The number of benzene rings is 1. The van der Waals surface area contributed by atoms with Crippen LogP contribution in [0.3, 0.4) is 0 Å². The predicted octanol–water partition coefficient (Wildman–Crippen LogP) is 4.00. The van der Waals surface area contributed by atoms with E-state index >= 15 is 0 Å². The van der Waals surface area contributed by atoms with Gasteiger partial charge >= 0.3 is 0 Å². The highest BCUT2D eigenvalue weighted by Gasteiger charge is 2.19. The highest BCUT2D eigenvalue weighted by atomic mass is 32.2. The molecule has 0 atom stereocenters. The highest BCUT2D eigenvalue weighted by Crippen LogP contribution is 2.31. The van der Waals surface area contributed by atoms with Gasteiger partial charge in [-0.3, -0.25) is 4.79 Å². The summed E-state index contributed by atoms with van der Waals surface area (Å²) < 4.78 is 10.7. The molecule has 3 heterocycles. The van der Waals surface area contributed by atoms with Crippen molar-refractivity contribution in [3.05, 3.63) is 66.0 Å². The van der Waals surface area contributed by atoms with Gasteiger partial charge in [-0.2, -0.15) is 0 Å². The number of rotatable bonds is 8. The molecule has 0 bridgehead atoms. The average Bonchev–Trinajstić information content (AvgIpc) is 2.88. The van der Waals surface area contributed by atoms with Crippen LogP contribution >= 0.6 is 11.8 Å². The maximum Gasteiger partial charge on any atom is 0.258 e. The van der Waals surface area contributed by atoms with Crippen LogP contribution in [0.1, 0.15) is 28.8 Å². The first-order chi connectivity index (χ1) is 16.6. The van der Waals surface area contributed by atoms with Crippen LogP contribution in [-0.4, -0.2) is 54.4 Å². The van der Waals surface area contributed by atoms with Crippen molar-refractivity contribution < 1.29 is 19.4 Å². The minimum Gasteiger partial charge on any atom is -0.497 e. The molecule has 1 aliphatic rings. The van der Waals surface area contributed by atoms with E-state index in [0.717, 1.165) is 36.0 Å². The van der Waals surface area contributed by atoms with Crippen molar-refractivity contribution in [1.82, 2.24) is 9.97 Å². The van der Waals surface area contributed by atoms with Crippen molar-refractivity contribution in [2.24, 2.45) is 0 Å². The largest absolute Gasteiger partial charge is 0.497 e. The van der Waals surface area contributed by atoms with Crippen LogP contribution in [0, 0.1) is 0 Å². The number of thioether (sulfide) groups is 1. The molecule has 1 saturated heterocycles. The van der Waals surface area contributed by atoms with Gasteiger partial charge in [0.2, 0.25) is 0 Å². The molecular formula is C25H28N4O4S. The Hall–Kier alpha value is -3.30. The Morgan fingerprint density at radius 1 is 1.12 bits per heavy atom. The molecule has 0 spiro atoms. The van der Waals surface area contributed by atoms with Crippen molar-refractivity contribution >= 4 is 29.2 Å². The molecule has 0 saturated carbocycles. The number of carbonyl (C=O) groups excluding carboxylic acids is 1. The second-order valence-electron chi connectivity index (χ2n) is 7.90. The number of methoxy groups -OCH3 is 2. The lowest BCUT2D eigenvalue weighted by molar-refractivity contribution is 0.102. The zero-order chi connectivity index (χ0) is 23.9. The molecule has 2 aromatic heterocycles. The number of ether oxygens (including phenoxy) is 2. The molecule has 0 radical (unpaired) electrons. The van der Waals surface area contributed by atoms with E-state index < -0.39 is 0 Å². The van der Waals surface area contributed by atoms with Crippen LogP contribution in [0.5, 0.6) is 11.5 Å². The topological polar surface area (TPSA) is 96.8 Å². The summed E-state index contributed by atoms with van der Waals surface area (Å²) in [5.41, 5.74) is 2.15. The van der Waals surface area contributed by atoms with Gasteiger partial charge in [-0.25, -0.2) is 9.97 Å². The van der Waals surface area contributed by atoms with Crippen molar-refractivity contribution in [1.29, 1.82) is 0 Å². The first-order valence-corrected chi connectivity index (χ1v) is 12.0. The summed E-state index contributed by atoms with van der Waals surface area (Å²) in [4.78, 5) is 24.1. The van der Waals surface area contributed by atoms with Crippen molar-refractivity contribution in [3.63, 3.8) is 0 Å². The van der Waals surface area contributed by atoms with Crippen LogP contribution < -0.4 is 19.7 Å². The minimum absolute atomic E-state index is 0.233. The highest BCUT2D eigenvalue weighted by molar-refractivity contribution is 7.98. The summed E-state index contributed by atoms with van der Waals surface area (Å²) in [7, 11) is 3.24. The predicted molar refractivity (Wildman–Crippen MR) is 133 cm³/mol. The number of aliphatic hydroxyl groups excluding tert-OH is 1. The maximum absolute atomic E-state index is 13.1. The second-order valence-corrected chi connectivity index (χ2v) is 8.86. The fraction of sp³-hybridized carbons (Fsp3) is 0.320. The fourth-order valence-corrected chi connectivity index (χ4v) is 4.74. The number of hydrogen-bond donors (Lipinski definition) is 2. The van der Waals surface area contributed by atoms with Crippen LogP contribution in [-0.2, 0) is 5.75 Å². The normalized spacial score (nSPS) is 14.0. The molecule has 178 valence electrons. The molecule has 8 nitrogen and oxygen atoms in total. The van der Waals surface area contributed by atoms with E-state index in [1.54, 1.807) is 44.8 Å². The summed E-state index contributed by atoms with van der Waals surface area (Å²) in [6, 6.07) is 12.8. The van der Waals surface area contributed by atoms with Gasteiger partial charge in [0.05, 0.1) is 25.9 Å². The third-order valence-electron chi connectivity index (χ3n) is 5.67. The van der Waals surface area contributed by atoms with E-state index in [9.17, 15) is 9.90 Å². The van der Waals surface area contributed by atoms with Crippen LogP contribution in [0.25, 0.3) is 0 Å². The average molecular weight is 481 g/mol. The standard InChI is InChI=1S/C25H28N4O4S/c1-32-20-6-5-17(22(15-20)33-2)16-34-25-21(4-3-10-27-25)24(31)28-18-7-11-26-23(14-18)29-12-8-19(30)9-13-29/h3-7,10-11,14-15,19,30H,8-9,12-13,16H2,1-2H3,(H,26,28,31).